The molecule has 0 saturated heterocycles. The first-order valence-corrected chi connectivity index (χ1v) is 7.02. The zero-order valence-electron chi connectivity index (χ0n) is 12.1. The second-order valence-electron chi connectivity index (χ2n) is 5.02. The summed E-state index contributed by atoms with van der Waals surface area (Å²) in [7, 11) is 0. The summed E-state index contributed by atoms with van der Waals surface area (Å²) in [6, 6.07) is 11.7. The van der Waals surface area contributed by atoms with E-state index in [0.717, 1.165) is 16.7 Å². The highest BCUT2D eigenvalue weighted by Crippen LogP contribution is 2.17. The summed E-state index contributed by atoms with van der Waals surface area (Å²) >= 11 is 0. The van der Waals surface area contributed by atoms with Crippen molar-refractivity contribution in [1.29, 1.82) is 0 Å². The van der Waals surface area contributed by atoms with Gasteiger partial charge in [-0.15, -0.1) is 0 Å². The van der Waals surface area contributed by atoms with E-state index in [-0.39, 0.29) is 5.56 Å². The Bertz CT molecular complexity index is 826. The van der Waals surface area contributed by atoms with E-state index in [1.165, 1.54) is 12.1 Å². The summed E-state index contributed by atoms with van der Waals surface area (Å²) in [5.74, 6) is -0.295. The summed E-state index contributed by atoms with van der Waals surface area (Å²) in [5, 5.41) is 2.72. The molecule has 0 unspecified atom stereocenters. The molecule has 1 aromatic heterocycles. The molecule has 0 radical (unpaired) electrons. The van der Waals surface area contributed by atoms with Gasteiger partial charge in [-0.3, -0.25) is 4.79 Å². The Morgan fingerprint density at radius 2 is 2.09 bits per heavy atom. The first-order chi connectivity index (χ1) is 10.6. The number of nitrogens with zero attached hydrogens (tertiary/aromatic N) is 1. The van der Waals surface area contributed by atoms with E-state index >= 15 is 0 Å². The molecule has 3 rings (SSSR count). The fourth-order valence-electron chi connectivity index (χ4n) is 2.30. The number of fused-ring (bicyclic) bond motifs is 1. The van der Waals surface area contributed by atoms with Gasteiger partial charge in [0.25, 0.3) is 5.91 Å². The molecule has 1 N–H and O–H groups in total. The molecule has 2 aromatic carbocycles. The highest BCUT2D eigenvalue weighted by molar-refractivity contribution is 5.94. The molecule has 3 aromatic rings. The minimum atomic E-state index is -0.514. The molecule has 0 atom stereocenters. The quantitative estimate of drug-likeness (QED) is 0.804. The van der Waals surface area contributed by atoms with Crippen LogP contribution in [0.25, 0.3) is 11.1 Å². The molecule has 0 aliphatic heterocycles. The molecular formula is C17H15FN2O2. The molecular weight excluding hydrogens is 283 g/mol. The smallest absolute Gasteiger partial charge is 0.254 e. The Balaban J connectivity index is 1.62. The van der Waals surface area contributed by atoms with Crippen molar-refractivity contribution < 1.29 is 13.6 Å². The molecule has 22 heavy (non-hydrogen) atoms. The lowest BCUT2D eigenvalue weighted by Crippen LogP contribution is -2.26. The van der Waals surface area contributed by atoms with Gasteiger partial charge < -0.3 is 9.73 Å². The molecule has 0 aliphatic carbocycles. The van der Waals surface area contributed by atoms with Gasteiger partial charge in [-0.1, -0.05) is 18.2 Å². The van der Waals surface area contributed by atoms with Gasteiger partial charge in [-0.05, 0) is 36.2 Å². The molecule has 4 nitrogen and oxygen atoms in total. The standard InChI is InChI=1S/C17H15FN2O2/c1-11-20-15-10-12(6-7-16(15)22-11)8-9-19-17(21)13-4-2-3-5-14(13)18/h2-7,10H,8-9H2,1H3,(H,19,21). The van der Waals surface area contributed by atoms with Gasteiger partial charge in [0.05, 0.1) is 5.56 Å². The molecule has 0 bridgehead atoms. The fourth-order valence-corrected chi connectivity index (χ4v) is 2.30. The van der Waals surface area contributed by atoms with Crippen LogP contribution in [-0.2, 0) is 6.42 Å². The van der Waals surface area contributed by atoms with Crippen molar-refractivity contribution in [3.63, 3.8) is 0 Å². The van der Waals surface area contributed by atoms with Gasteiger partial charge in [0.15, 0.2) is 11.5 Å². The third kappa shape index (κ3) is 2.98. The number of halogens is 1. The summed E-state index contributed by atoms with van der Waals surface area (Å²) in [5.41, 5.74) is 2.65. The fraction of sp³-hybridized carbons (Fsp3) is 0.176. The van der Waals surface area contributed by atoms with Crippen LogP contribution in [-0.4, -0.2) is 17.4 Å². The maximum atomic E-state index is 13.5. The van der Waals surface area contributed by atoms with Crippen molar-refractivity contribution in [3.05, 3.63) is 65.3 Å². The van der Waals surface area contributed by atoms with Crippen LogP contribution in [0.5, 0.6) is 0 Å². The van der Waals surface area contributed by atoms with Crippen molar-refractivity contribution in [2.24, 2.45) is 0 Å². The minimum absolute atomic E-state index is 0.0603. The van der Waals surface area contributed by atoms with Crippen LogP contribution in [0.3, 0.4) is 0 Å². The van der Waals surface area contributed by atoms with Crippen LogP contribution >= 0.6 is 0 Å². The number of oxazole rings is 1. The number of carbonyl (C=O) groups excluding carboxylic acids is 1. The predicted molar refractivity (Wildman–Crippen MR) is 81.2 cm³/mol. The van der Waals surface area contributed by atoms with E-state index in [9.17, 15) is 9.18 Å². The molecule has 0 saturated carbocycles. The SMILES string of the molecule is Cc1nc2cc(CCNC(=O)c3ccccc3F)ccc2o1. The zero-order valence-corrected chi connectivity index (χ0v) is 12.1. The van der Waals surface area contributed by atoms with E-state index in [4.69, 9.17) is 4.42 Å². The predicted octanol–water partition coefficient (Wildman–Crippen LogP) is 3.25. The lowest BCUT2D eigenvalue weighted by molar-refractivity contribution is 0.0950. The number of benzene rings is 2. The molecule has 0 aliphatic rings. The van der Waals surface area contributed by atoms with Gasteiger partial charge in [0.1, 0.15) is 11.3 Å². The first kappa shape index (κ1) is 14.3. The molecule has 5 heteroatoms. The van der Waals surface area contributed by atoms with Crippen molar-refractivity contribution in [2.75, 3.05) is 6.54 Å². The molecule has 1 heterocycles. The average molecular weight is 298 g/mol. The van der Waals surface area contributed by atoms with Gasteiger partial charge >= 0.3 is 0 Å². The second-order valence-corrected chi connectivity index (χ2v) is 5.02. The number of hydrogen-bond donors (Lipinski definition) is 1. The Hall–Kier alpha value is -2.69. The van der Waals surface area contributed by atoms with Crippen LogP contribution in [0.1, 0.15) is 21.8 Å². The van der Waals surface area contributed by atoms with Gasteiger partial charge in [0, 0.05) is 13.5 Å². The largest absolute Gasteiger partial charge is 0.441 e. The summed E-state index contributed by atoms with van der Waals surface area (Å²) in [4.78, 5) is 16.2. The van der Waals surface area contributed by atoms with E-state index in [2.05, 4.69) is 10.3 Å². The third-order valence-electron chi connectivity index (χ3n) is 3.38. The lowest BCUT2D eigenvalue weighted by atomic mass is 10.1. The maximum Gasteiger partial charge on any atom is 0.254 e. The zero-order chi connectivity index (χ0) is 15.5. The topological polar surface area (TPSA) is 55.1 Å². The van der Waals surface area contributed by atoms with Crippen molar-refractivity contribution in [3.8, 4) is 0 Å². The highest BCUT2D eigenvalue weighted by atomic mass is 19.1. The minimum Gasteiger partial charge on any atom is -0.441 e. The van der Waals surface area contributed by atoms with E-state index < -0.39 is 11.7 Å². The van der Waals surface area contributed by atoms with Crippen molar-refractivity contribution in [1.82, 2.24) is 10.3 Å². The summed E-state index contributed by atoms with van der Waals surface area (Å²) in [6.45, 7) is 2.23. The lowest BCUT2D eigenvalue weighted by Gasteiger charge is -2.06. The van der Waals surface area contributed by atoms with E-state index in [0.29, 0.717) is 18.9 Å². The number of carbonyl (C=O) groups is 1. The molecule has 1 amide bonds. The van der Waals surface area contributed by atoms with Crippen molar-refractivity contribution >= 4 is 17.0 Å². The van der Waals surface area contributed by atoms with E-state index in [1.807, 2.05) is 18.2 Å². The van der Waals surface area contributed by atoms with E-state index in [1.54, 1.807) is 19.1 Å². The monoisotopic (exact) mass is 298 g/mol. The van der Waals surface area contributed by atoms with Gasteiger partial charge in [0.2, 0.25) is 0 Å². The summed E-state index contributed by atoms with van der Waals surface area (Å²) in [6.07, 6.45) is 0.641. The Labute approximate surface area is 127 Å². The van der Waals surface area contributed by atoms with Crippen LogP contribution in [0.15, 0.2) is 46.9 Å². The van der Waals surface area contributed by atoms with Gasteiger partial charge in [-0.25, -0.2) is 9.37 Å². The molecule has 112 valence electrons. The van der Waals surface area contributed by atoms with Crippen LogP contribution in [0.4, 0.5) is 4.39 Å². The van der Waals surface area contributed by atoms with Crippen LogP contribution in [0, 0.1) is 12.7 Å². The number of hydrogen-bond acceptors (Lipinski definition) is 3. The van der Waals surface area contributed by atoms with Gasteiger partial charge in [-0.2, -0.15) is 0 Å². The Morgan fingerprint density at radius 3 is 2.91 bits per heavy atom. The number of amides is 1. The Morgan fingerprint density at radius 1 is 1.27 bits per heavy atom. The number of aryl methyl sites for hydroxylation is 1. The van der Waals surface area contributed by atoms with Crippen LogP contribution in [0.2, 0.25) is 0 Å². The number of nitrogens with one attached hydrogen (secondary N) is 1. The summed E-state index contributed by atoms with van der Waals surface area (Å²) < 4.78 is 18.9. The number of aromatic nitrogens is 1. The van der Waals surface area contributed by atoms with Crippen molar-refractivity contribution in [2.45, 2.75) is 13.3 Å². The molecule has 0 spiro atoms. The molecule has 0 fully saturated rings. The Kier molecular flexibility index (Phi) is 3.87. The number of rotatable bonds is 4. The highest BCUT2D eigenvalue weighted by Gasteiger charge is 2.10. The maximum absolute atomic E-state index is 13.5. The normalized spacial score (nSPS) is 10.8. The first-order valence-electron chi connectivity index (χ1n) is 7.02. The third-order valence-corrected chi connectivity index (χ3v) is 3.38. The average Bonchev–Trinajstić information content (AvgIpc) is 2.87. The van der Waals surface area contributed by atoms with Crippen LogP contribution < -0.4 is 5.32 Å². The second kappa shape index (κ2) is 5.97.